The Kier molecular flexibility index (Phi) is 7.29. The molecule has 1 atom stereocenters. The van der Waals surface area contributed by atoms with Crippen LogP contribution in [0.2, 0.25) is 0 Å². The molecular formula is C19H28N4O6S. The summed E-state index contributed by atoms with van der Waals surface area (Å²) in [6, 6.07) is 4.47. The summed E-state index contributed by atoms with van der Waals surface area (Å²) in [5.74, 6) is -0.758. The van der Waals surface area contributed by atoms with E-state index in [0.29, 0.717) is 18.8 Å². The largest absolute Gasteiger partial charge is 0.497 e. The van der Waals surface area contributed by atoms with E-state index in [9.17, 15) is 18.0 Å². The monoisotopic (exact) mass is 440 g/mol. The Balaban J connectivity index is 1.77. The maximum atomic E-state index is 13.1. The molecule has 0 bridgehead atoms. The third kappa shape index (κ3) is 4.91. The molecule has 1 unspecified atom stereocenters. The van der Waals surface area contributed by atoms with E-state index in [-0.39, 0.29) is 17.3 Å². The third-order valence-corrected chi connectivity index (χ3v) is 7.47. The molecule has 0 radical (unpaired) electrons. The van der Waals surface area contributed by atoms with Crippen LogP contribution in [0.5, 0.6) is 5.75 Å². The molecule has 166 valence electrons. The number of carbonyl (C=O) groups excluding carboxylic acids is 2. The number of methoxy groups -OCH3 is 1. The normalized spacial score (nSPS) is 21.5. The lowest BCUT2D eigenvalue weighted by Gasteiger charge is -2.39. The highest BCUT2D eigenvalue weighted by Crippen LogP contribution is 2.24. The van der Waals surface area contributed by atoms with Crippen LogP contribution in [-0.2, 0) is 19.6 Å². The molecule has 11 heteroatoms. The summed E-state index contributed by atoms with van der Waals surface area (Å²) in [5.41, 5.74) is 1.53. The van der Waals surface area contributed by atoms with Gasteiger partial charge in [0.25, 0.3) is 5.91 Å². The maximum absolute atomic E-state index is 13.1. The number of rotatable bonds is 7. The predicted molar refractivity (Wildman–Crippen MR) is 107 cm³/mol. The van der Waals surface area contributed by atoms with Crippen LogP contribution in [0.25, 0.3) is 0 Å². The molecule has 10 nitrogen and oxygen atoms in total. The van der Waals surface area contributed by atoms with Crippen molar-refractivity contribution in [1.29, 1.82) is 0 Å². The summed E-state index contributed by atoms with van der Waals surface area (Å²) in [6.45, 7) is 2.44. The summed E-state index contributed by atoms with van der Waals surface area (Å²) in [7, 11) is -2.67. The standard InChI is InChI=1S/C19H28N4O6S/c1-29-15-5-7-16(8-6-15)30(27,28)23-14-18(24)22(13-17(23)19(25)20-26)12-11-21-9-3-2-4-10-21/h5-8,17,26H,2-4,9-14H2,1H3,(H,20,25). The van der Waals surface area contributed by atoms with Gasteiger partial charge >= 0.3 is 0 Å². The molecule has 2 amide bonds. The van der Waals surface area contributed by atoms with Crippen LogP contribution in [0, 0.1) is 0 Å². The van der Waals surface area contributed by atoms with Crippen molar-refractivity contribution in [1.82, 2.24) is 19.6 Å². The van der Waals surface area contributed by atoms with Crippen molar-refractivity contribution < 1.29 is 28.0 Å². The van der Waals surface area contributed by atoms with Crippen molar-refractivity contribution in [2.75, 3.05) is 46.4 Å². The van der Waals surface area contributed by atoms with Gasteiger partial charge in [-0.2, -0.15) is 4.31 Å². The quantitative estimate of drug-likeness (QED) is 0.448. The van der Waals surface area contributed by atoms with E-state index in [1.165, 1.54) is 48.2 Å². The van der Waals surface area contributed by atoms with Crippen LogP contribution in [0.1, 0.15) is 19.3 Å². The molecule has 2 N–H and O–H groups in total. The number of likely N-dealkylation sites (tertiary alicyclic amines) is 1. The minimum absolute atomic E-state index is 0.0615. The first-order valence-electron chi connectivity index (χ1n) is 9.97. The molecule has 2 aliphatic heterocycles. The lowest BCUT2D eigenvalue weighted by Crippen LogP contribution is -2.62. The van der Waals surface area contributed by atoms with Gasteiger partial charge in [0.15, 0.2) is 0 Å². The summed E-state index contributed by atoms with van der Waals surface area (Å²) in [5, 5.41) is 9.15. The lowest BCUT2D eigenvalue weighted by atomic mass is 10.1. The first-order valence-corrected chi connectivity index (χ1v) is 11.4. The minimum atomic E-state index is -4.14. The van der Waals surface area contributed by atoms with Crippen LogP contribution in [0.3, 0.4) is 0 Å². The highest BCUT2D eigenvalue weighted by Gasteiger charge is 2.43. The topological polar surface area (TPSA) is 119 Å². The number of amides is 2. The number of hydroxylamine groups is 1. The number of nitrogens with zero attached hydrogens (tertiary/aromatic N) is 3. The zero-order valence-corrected chi connectivity index (χ0v) is 17.8. The second-order valence-corrected chi connectivity index (χ2v) is 9.35. The number of sulfonamides is 1. The molecule has 0 spiro atoms. The number of nitrogens with one attached hydrogen (secondary N) is 1. The van der Waals surface area contributed by atoms with E-state index in [2.05, 4.69) is 4.90 Å². The Morgan fingerprint density at radius 1 is 1.17 bits per heavy atom. The van der Waals surface area contributed by atoms with Crippen molar-refractivity contribution in [3.63, 3.8) is 0 Å². The highest BCUT2D eigenvalue weighted by molar-refractivity contribution is 7.89. The summed E-state index contributed by atoms with van der Waals surface area (Å²) in [6.07, 6.45) is 3.45. The predicted octanol–water partition coefficient (Wildman–Crippen LogP) is -0.112. The fourth-order valence-electron chi connectivity index (χ4n) is 3.83. The molecule has 2 heterocycles. The Hall–Kier alpha value is -2.21. The number of piperazine rings is 1. The summed E-state index contributed by atoms with van der Waals surface area (Å²) < 4.78 is 32.1. The second kappa shape index (κ2) is 9.73. The van der Waals surface area contributed by atoms with Crippen molar-refractivity contribution >= 4 is 21.8 Å². The van der Waals surface area contributed by atoms with Crippen LogP contribution >= 0.6 is 0 Å². The highest BCUT2D eigenvalue weighted by atomic mass is 32.2. The first kappa shape index (κ1) is 22.5. The van der Waals surface area contributed by atoms with Gasteiger partial charge < -0.3 is 14.5 Å². The molecule has 2 fully saturated rings. The molecule has 0 saturated carbocycles. The van der Waals surface area contributed by atoms with Gasteiger partial charge in [0, 0.05) is 19.6 Å². The fourth-order valence-corrected chi connectivity index (χ4v) is 5.36. The molecule has 0 aliphatic carbocycles. The smallest absolute Gasteiger partial charge is 0.263 e. The Morgan fingerprint density at radius 2 is 1.83 bits per heavy atom. The Morgan fingerprint density at radius 3 is 2.43 bits per heavy atom. The molecule has 2 saturated heterocycles. The number of ether oxygens (including phenoxy) is 1. The van der Waals surface area contributed by atoms with Gasteiger partial charge in [-0.15, -0.1) is 0 Å². The molecule has 1 aromatic rings. The van der Waals surface area contributed by atoms with Crippen molar-refractivity contribution in [3.8, 4) is 5.75 Å². The molecule has 2 aliphatic rings. The second-order valence-electron chi connectivity index (χ2n) is 7.46. The molecule has 30 heavy (non-hydrogen) atoms. The Bertz CT molecular complexity index is 854. The van der Waals surface area contributed by atoms with Crippen LogP contribution < -0.4 is 10.2 Å². The van der Waals surface area contributed by atoms with E-state index < -0.39 is 28.5 Å². The van der Waals surface area contributed by atoms with Crippen LogP contribution in [0.15, 0.2) is 29.2 Å². The van der Waals surface area contributed by atoms with Crippen molar-refractivity contribution in [3.05, 3.63) is 24.3 Å². The zero-order valence-electron chi connectivity index (χ0n) is 17.0. The van der Waals surface area contributed by atoms with Crippen molar-refractivity contribution in [2.24, 2.45) is 0 Å². The average Bonchev–Trinajstić information content (AvgIpc) is 2.78. The fraction of sp³-hybridized carbons (Fsp3) is 0.579. The summed E-state index contributed by atoms with van der Waals surface area (Å²) in [4.78, 5) is 28.7. The number of carbonyl (C=O) groups is 2. The number of piperidine rings is 1. The number of benzene rings is 1. The van der Waals surface area contributed by atoms with Crippen LogP contribution in [-0.4, -0.2) is 92.0 Å². The minimum Gasteiger partial charge on any atom is -0.497 e. The first-order chi connectivity index (χ1) is 14.4. The van der Waals surface area contributed by atoms with E-state index in [0.717, 1.165) is 30.2 Å². The van der Waals surface area contributed by atoms with Gasteiger partial charge in [0.05, 0.1) is 18.6 Å². The van der Waals surface area contributed by atoms with Gasteiger partial charge in [-0.3, -0.25) is 14.8 Å². The van der Waals surface area contributed by atoms with Gasteiger partial charge in [0.2, 0.25) is 15.9 Å². The van der Waals surface area contributed by atoms with E-state index in [1.807, 2.05) is 0 Å². The van der Waals surface area contributed by atoms with Gasteiger partial charge in [-0.1, -0.05) is 6.42 Å². The van der Waals surface area contributed by atoms with E-state index in [4.69, 9.17) is 9.94 Å². The zero-order chi connectivity index (χ0) is 21.7. The third-order valence-electron chi connectivity index (χ3n) is 5.60. The summed E-state index contributed by atoms with van der Waals surface area (Å²) >= 11 is 0. The molecule has 1 aromatic carbocycles. The maximum Gasteiger partial charge on any atom is 0.263 e. The average molecular weight is 441 g/mol. The van der Waals surface area contributed by atoms with Gasteiger partial charge in [-0.05, 0) is 50.2 Å². The van der Waals surface area contributed by atoms with Crippen LogP contribution in [0.4, 0.5) is 0 Å². The molecule has 0 aromatic heterocycles. The van der Waals surface area contributed by atoms with Crippen molar-refractivity contribution in [2.45, 2.75) is 30.2 Å². The van der Waals surface area contributed by atoms with Gasteiger partial charge in [0.1, 0.15) is 11.8 Å². The molecule has 3 rings (SSSR count). The number of hydrogen-bond donors (Lipinski definition) is 2. The van der Waals surface area contributed by atoms with Gasteiger partial charge in [-0.25, -0.2) is 13.9 Å². The lowest BCUT2D eigenvalue weighted by molar-refractivity contribution is -0.143. The number of hydrogen-bond acceptors (Lipinski definition) is 7. The Labute approximate surface area is 176 Å². The van der Waals surface area contributed by atoms with E-state index >= 15 is 0 Å². The molecular weight excluding hydrogens is 412 g/mol. The van der Waals surface area contributed by atoms with E-state index in [1.54, 1.807) is 0 Å². The SMILES string of the molecule is COc1ccc(S(=O)(=O)N2CC(=O)N(CCN3CCCCC3)CC2C(=O)NO)cc1.